The predicted octanol–water partition coefficient (Wildman–Crippen LogP) is 4.38. The van der Waals surface area contributed by atoms with Gasteiger partial charge < -0.3 is 20.1 Å². The van der Waals surface area contributed by atoms with E-state index in [1.54, 1.807) is 0 Å². The minimum Gasteiger partial charge on any atom is -0.446 e. The molecule has 1 atom stereocenters. The molecule has 27 heavy (non-hydrogen) atoms. The quantitative estimate of drug-likeness (QED) is 0.799. The zero-order valence-electron chi connectivity index (χ0n) is 16.8. The third kappa shape index (κ3) is 7.89. The Bertz CT molecular complexity index is 604. The van der Waals surface area contributed by atoms with Gasteiger partial charge in [-0.05, 0) is 64.9 Å². The van der Waals surface area contributed by atoms with E-state index < -0.39 is 5.60 Å². The Hall–Kier alpha value is -2.24. The zero-order valence-corrected chi connectivity index (χ0v) is 16.8. The molecule has 150 valence electrons. The molecule has 0 bridgehead atoms. The van der Waals surface area contributed by atoms with E-state index in [-0.39, 0.29) is 24.3 Å². The summed E-state index contributed by atoms with van der Waals surface area (Å²) in [4.78, 5) is 23.9. The van der Waals surface area contributed by atoms with Crippen LogP contribution in [0, 0.1) is 5.92 Å². The van der Waals surface area contributed by atoms with Crippen LogP contribution < -0.4 is 10.6 Å². The molecule has 1 unspecified atom stereocenters. The molecular weight excluding hydrogens is 344 g/mol. The lowest BCUT2D eigenvalue weighted by atomic mass is 9.83. The highest BCUT2D eigenvalue weighted by Gasteiger charge is 2.29. The molecule has 1 aromatic rings. The van der Waals surface area contributed by atoms with E-state index in [0.717, 1.165) is 31.2 Å². The number of nitrogens with one attached hydrogen (secondary N) is 2. The first-order chi connectivity index (χ1) is 12.7. The summed E-state index contributed by atoms with van der Waals surface area (Å²) in [5.41, 5.74) is 0.548. The van der Waals surface area contributed by atoms with Crippen molar-refractivity contribution in [3.63, 3.8) is 0 Å². The van der Waals surface area contributed by atoms with Gasteiger partial charge in [-0.15, -0.1) is 0 Å². The second kappa shape index (κ2) is 9.62. The van der Waals surface area contributed by atoms with Crippen LogP contribution in [-0.4, -0.2) is 29.9 Å². The summed E-state index contributed by atoms with van der Waals surface area (Å²) in [6.45, 7) is 7.95. The van der Waals surface area contributed by atoms with Crippen molar-refractivity contribution in [3.8, 4) is 0 Å². The maximum Gasteiger partial charge on any atom is 0.407 e. The van der Waals surface area contributed by atoms with Crippen molar-refractivity contribution in [2.75, 3.05) is 0 Å². The van der Waals surface area contributed by atoms with Gasteiger partial charge in [0.05, 0.1) is 0 Å². The van der Waals surface area contributed by atoms with Crippen LogP contribution in [0.15, 0.2) is 30.3 Å². The normalized spacial score (nSPS) is 21.0. The van der Waals surface area contributed by atoms with Gasteiger partial charge in [0.2, 0.25) is 0 Å². The van der Waals surface area contributed by atoms with Gasteiger partial charge in [0, 0.05) is 12.6 Å². The van der Waals surface area contributed by atoms with Crippen molar-refractivity contribution in [2.24, 2.45) is 5.92 Å². The number of rotatable bonds is 5. The van der Waals surface area contributed by atoms with Crippen molar-refractivity contribution in [2.45, 2.75) is 77.7 Å². The molecule has 6 heteroatoms. The van der Waals surface area contributed by atoms with Gasteiger partial charge in [-0.3, -0.25) is 0 Å². The summed E-state index contributed by atoms with van der Waals surface area (Å²) >= 11 is 0. The molecule has 1 fully saturated rings. The van der Waals surface area contributed by atoms with Crippen LogP contribution >= 0.6 is 0 Å². The SMILES string of the molecule is CC(OC(=O)NCc1ccccc1)C1CCC(NC(=O)OC(C)(C)C)CC1. The first kappa shape index (κ1) is 21.1. The van der Waals surface area contributed by atoms with Crippen LogP contribution in [0.3, 0.4) is 0 Å². The molecule has 0 aromatic heterocycles. The summed E-state index contributed by atoms with van der Waals surface area (Å²) in [6.07, 6.45) is 2.65. The number of carbonyl (C=O) groups is 2. The molecule has 0 aliphatic heterocycles. The lowest BCUT2D eigenvalue weighted by Gasteiger charge is -2.32. The summed E-state index contributed by atoms with van der Waals surface area (Å²) < 4.78 is 10.8. The zero-order chi connectivity index (χ0) is 19.9. The molecule has 0 spiro atoms. The highest BCUT2D eigenvalue weighted by Crippen LogP contribution is 2.28. The summed E-state index contributed by atoms with van der Waals surface area (Å²) in [5.74, 6) is 0.309. The number of carbonyl (C=O) groups excluding carboxylic acids is 2. The third-order valence-electron chi connectivity index (χ3n) is 4.73. The Morgan fingerprint density at radius 1 is 1.07 bits per heavy atom. The molecule has 1 aromatic carbocycles. The fourth-order valence-electron chi connectivity index (χ4n) is 3.28. The average molecular weight is 376 g/mol. The van der Waals surface area contributed by atoms with E-state index in [2.05, 4.69) is 10.6 Å². The maximum absolute atomic E-state index is 12.0. The number of hydrogen-bond donors (Lipinski definition) is 2. The second-order valence-corrected chi connectivity index (χ2v) is 8.21. The van der Waals surface area contributed by atoms with Gasteiger partial charge in [-0.25, -0.2) is 9.59 Å². The van der Waals surface area contributed by atoms with Crippen molar-refractivity contribution in [1.29, 1.82) is 0 Å². The van der Waals surface area contributed by atoms with Crippen LogP contribution in [0.5, 0.6) is 0 Å². The number of amides is 2. The van der Waals surface area contributed by atoms with E-state index in [4.69, 9.17) is 9.47 Å². The Balaban J connectivity index is 1.67. The fraction of sp³-hybridized carbons (Fsp3) is 0.619. The van der Waals surface area contributed by atoms with Gasteiger partial charge in [0.1, 0.15) is 11.7 Å². The topological polar surface area (TPSA) is 76.7 Å². The van der Waals surface area contributed by atoms with Gasteiger partial charge in [0.15, 0.2) is 0 Å². The third-order valence-corrected chi connectivity index (χ3v) is 4.73. The largest absolute Gasteiger partial charge is 0.446 e. The van der Waals surface area contributed by atoms with Crippen molar-refractivity contribution in [1.82, 2.24) is 10.6 Å². The Labute approximate surface area is 162 Å². The predicted molar refractivity (Wildman–Crippen MR) is 104 cm³/mol. The highest BCUT2D eigenvalue weighted by molar-refractivity contribution is 5.68. The molecule has 1 aliphatic rings. The van der Waals surface area contributed by atoms with Gasteiger partial charge in [0.25, 0.3) is 0 Å². The standard InChI is InChI=1S/C21H32N2O4/c1-15(26-19(24)22-14-16-8-6-5-7-9-16)17-10-12-18(13-11-17)23-20(25)27-21(2,3)4/h5-9,15,17-18H,10-14H2,1-4H3,(H,22,24)(H,23,25). The smallest absolute Gasteiger partial charge is 0.407 e. The summed E-state index contributed by atoms with van der Waals surface area (Å²) in [7, 11) is 0. The van der Waals surface area contributed by atoms with Gasteiger partial charge >= 0.3 is 12.2 Å². The number of ether oxygens (including phenoxy) is 2. The molecule has 2 amide bonds. The van der Waals surface area contributed by atoms with E-state index in [1.165, 1.54) is 0 Å². The van der Waals surface area contributed by atoms with E-state index in [0.29, 0.717) is 12.5 Å². The van der Waals surface area contributed by atoms with Crippen molar-refractivity contribution >= 4 is 12.2 Å². The van der Waals surface area contributed by atoms with Crippen LogP contribution in [0.2, 0.25) is 0 Å². The minimum absolute atomic E-state index is 0.121. The first-order valence-electron chi connectivity index (χ1n) is 9.71. The molecule has 0 radical (unpaired) electrons. The first-order valence-corrected chi connectivity index (χ1v) is 9.71. The number of alkyl carbamates (subject to hydrolysis) is 2. The van der Waals surface area contributed by atoms with Crippen LogP contribution in [-0.2, 0) is 16.0 Å². The molecule has 1 saturated carbocycles. The molecule has 2 rings (SSSR count). The molecule has 1 aliphatic carbocycles. The number of benzene rings is 1. The molecule has 6 nitrogen and oxygen atoms in total. The van der Waals surface area contributed by atoms with Crippen LogP contribution in [0.4, 0.5) is 9.59 Å². The minimum atomic E-state index is -0.489. The Morgan fingerprint density at radius 2 is 1.70 bits per heavy atom. The van der Waals surface area contributed by atoms with Gasteiger partial charge in [-0.2, -0.15) is 0 Å². The molecule has 2 N–H and O–H groups in total. The highest BCUT2D eigenvalue weighted by atomic mass is 16.6. The lowest BCUT2D eigenvalue weighted by molar-refractivity contribution is 0.0425. The van der Waals surface area contributed by atoms with Crippen LogP contribution in [0.25, 0.3) is 0 Å². The van der Waals surface area contributed by atoms with Crippen LogP contribution in [0.1, 0.15) is 58.9 Å². The van der Waals surface area contributed by atoms with E-state index >= 15 is 0 Å². The Morgan fingerprint density at radius 3 is 2.30 bits per heavy atom. The Kier molecular flexibility index (Phi) is 7.51. The summed E-state index contributed by atoms with van der Waals surface area (Å²) in [5, 5.41) is 5.72. The average Bonchev–Trinajstić information content (AvgIpc) is 2.60. The van der Waals surface area contributed by atoms with Crippen molar-refractivity contribution in [3.05, 3.63) is 35.9 Å². The van der Waals surface area contributed by atoms with Crippen molar-refractivity contribution < 1.29 is 19.1 Å². The molecular formula is C21H32N2O4. The van der Waals surface area contributed by atoms with E-state index in [9.17, 15) is 9.59 Å². The summed E-state index contributed by atoms with van der Waals surface area (Å²) in [6, 6.07) is 9.86. The molecule has 0 saturated heterocycles. The monoisotopic (exact) mass is 376 g/mol. The molecule has 0 heterocycles. The lowest BCUT2D eigenvalue weighted by Crippen LogP contribution is -2.42. The van der Waals surface area contributed by atoms with E-state index in [1.807, 2.05) is 58.0 Å². The number of hydrogen-bond acceptors (Lipinski definition) is 4. The maximum atomic E-state index is 12.0. The second-order valence-electron chi connectivity index (χ2n) is 8.21. The fourth-order valence-corrected chi connectivity index (χ4v) is 3.28. The van der Waals surface area contributed by atoms with Gasteiger partial charge in [-0.1, -0.05) is 30.3 Å².